The van der Waals surface area contributed by atoms with E-state index in [1.165, 1.54) is 30.1 Å². The number of aliphatic carboxylic acids is 1. The van der Waals surface area contributed by atoms with Crippen LogP contribution in [0.15, 0.2) is 18.2 Å². The molecule has 102 valence electrons. The van der Waals surface area contributed by atoms with Gasteiger partial charge in [-0.25, -0.2) is 4.39 Å². The van der Waals surface area contributed by atoms with Gasteiger partial charge in [0.1, 0.15) is 11.2 Å². The number of hydrogen-bond acceptors (Lipinski definition) is 2. The molecule has 0 bridgehead atoms. The van der Waals surface area contributed by atoms with E-state index in [9.17, 15) is 14.0 Å². The molecule has 1 fully saturated rings. The van der Waals surface area contributed by atoms with Crippen LogP contribution in [0.1, 0.15) is 18.4 Å². The van der Waals surface area contributed by atoms with Gasteiger partial charge < -0.3 is 10.0 Å². The molecule has 0 radical (unpaired) electrons. The SMILES string of the molecule is CN(Cc1c(F)cccc1Cl)C(=O)C1(C(=O)O)CC1. The van der Waals surface area contributed by atoms with E-state index in [4.69, 9.17) is 16.7 Å². The molecule has 1 aliphatic rings. The number of hydrogen-bond donors (Lipinski definition) is 1. The number of rotatable bonds is 4. The smallest absolute Gasteiger partial charge is 0.319 e. The Kier molecular flexibility index (Phi) is 3.49. The summed E-state index contributed by atoms with van der Waals surface area (Å²) in [5.74, 6) is -2.13. The molecule has 1 aromatic carbocycles. The van der Waals surface area contributed by atoms with Crippen molar-refractivity contribution in [2.24, 2.45) is 5.41 Å². The maximum absolute atomic E-state index is 13.6. The van der Waals surface area contributed by atoms with Crippen molar-refractivity contribution in [3.63, 3.8) is 0 Å². The standard InChI is InChI=1S/C13H13ClFNO3/c1-16(11(17)13(5-6-13)12(18)19)7-8-9(14)3-2-4-10(8)15/h2-4H,5-7H2,1H3,(H,18,19). The van der Waals surface area contributed by atoms with Gasteiger partial charge in [0.25, 0.3) is 0 Å². The molecule has 0 unspecified atom stereocenters. The topological polar surface area (TPSA) is 57.6 Å². The largest absolute Gasteiger partial charge is 0.480 e. The van der Waals surface area contributed by atoms with E-state index in [1.54, 1.807) is 0 Å². The predicted molar refractivity (Wildman–Crippen MR) is 67.2 cm³/mol. The summed E-state index contributed by atoms with van der Waals surface area (Å²) in [4.78, 5) is 24.4. The Morgan fingerprint density at radius 1 is 1.47 bits per heavy atom. The molecule has 1 aromatic rings. The molecular weight excluding hydrogens is 273 g/mol. The van der Waals surface area contributed by atoms with Gasteiger partial charge in [0.15, 0.2) is 0 Å². The van der Waals surface area contributed by atoms with Crippen LogP contribution in [0, 0.1) is 11.2 Å². The second-order valence-corrected chi connectivity index (χ2v) is 5.16. The van der Waals surface area contributed by atoms with Crippen molar-refractivity contribution in [2.45, 2.75) is 19.4 Å². The van der Waals surface area contributed by atoms with Gasteiger partial charge in [-0.3, -0.25) is 9.59 Å². The van der Waals surface area contributed by atoms with Crippen LogP contribution in [-0.2, 0) is 16.1 Å². The third kappa shape index (κ3) is 2.42. The first kappa shape index (κ1) is 13.8. The van der Waals surface area contributed by atoms with E-state index in [-0.39, 0.29) is 17.1 Å². The van der Waals surface area contributed by atoms with Gasteiger partial charge in [0.2, 0.25) is 5.91 Å². The minimum absolute atomic E-state index is 0.0423. The van der Waals surface area contributed by atoms with E-state index >= 15 is 0 Å². The molecule has 4 nitrogen and oxygen atoms in total. The molecule has 1 amide bonds. The number of carbonyl (C=O) groups excluding carboxylic acids is 1. The first-order chi connectivity index (χ1) is 8.88. The van der Waals surface area contributed by atoms with Crippen molar-refractivity contribution in [1.29, 1.82) is 0 Å². The zero-order chi connectivity index (χ0) is 14.2. The lowest BCUT2D eigenvalue weighted by atomic mass is 10.1. The average molecular weight is 286 g/mol. The van der Waals surface area contributed by atoms with E-state index in [0.717, 1.165) is 0 Å². The summed E-state index contributed by atoms with van der Waals surface area (Å²) in [7, 11) is 1.45. The minimum atomic E-state index is -1.31. The van der Waals surface area contributed by atoms with Gasteiger partial charge >= 0.3 is 5.97 Å². The third-order valence-electron chi connectivity index (χ3n) is 3.37. The fraction of sp³-hybridized carbons (Fsp3) is 0.385. The number of carboxylic acid groups (broad SMARTS) is 1. The van der Waals surface area contributed by atoms with Crippen LogP contribution >= 0.6 is 11.6 Å². The second kappa shape index (κ2) is 4.81. The molecule has 0 aliphatic heterocycles. The molecule has 0 atom stereocenters. The quantitative estimate of drug-likeness (QED) is 0.864. The summed E-state index contributed by atoms with van der Waals surface area (Å²) < 4.78 is 13.6. The first-order valence-corrected chi connectivity index (χ1v) is 6.18. The van der Waals surface area contributed by atoms with Gasteiger partial charge in [0.05, 0.1) is 0 Å². The zero-order valence-corrected chi connectivity index (χ0v) is 11.1. The Balaban J connectivity index is 2.16. The van der Waals surface area contributed by atoms with Crippen LogP contribution in [0.3, 0.4) is 0 Å². The van der Waals surface area contributed by atoms with Crippen LogP contribution in [0.2, 0.25) is 5.02 Å². The molecule has 0 saturated heterocycles. The molecule has 0 heterocycles. The van der Waals surface area contributed by atoms with Gasteiger partial charge in [-0.15, -0.1) is 0 Å². The first-order valence-electron chi connectivity index (χ1n) is 5.80. The van der Waals surface area contributed by atoms with Gasteiger partial charge in [-0.1, -0.05) is 17.7 Å². The minimum Gasteiger partial charge on any atom is -0.480 e. The molecule has 19 heavy (non-hydrogen) atoms. The molecule has 6 heteroatoms. The maximum atomic E-state index is 13.6. The van der Waals surface area contributed by atoms with Crippen LogP contribution in [-0.4, -0.2) is 28.9 Å². The summed E-state index contributed by atoms with van der Waals surface area (Å²) in [6.45, 7) is -0.0423. The highest BCUT2D eigenvalue weighted by Gasteiger charge is 2.58. The average Bonchev–Trinajstić information content (AvgIpc) is 3.14. The summed E-state index contributed by atoms with van der Waals surface area (Å²) in [5, 5.41) is 9.27. The van der Waals surface area contributed by atoms with Crippen LogP contribution in [0.25, 0.3) is 0 Å². The number of amides is 1. The van der Waals surface area contributed by atoms with Crippen LogP contribution in [0.4, 0.5) is 4.39 Å². The fourth-order valence-electron chi connectivity index (χ4n) is 2.00. The number of carbonyl (C=O) groups is 2. The van der Waals surface area contributed by atoms with E-state index in [0.29, 0.717) is 12.8 Å². The van der Waals surface area contributed by atoms with Crippen LogP contribution < -0.4 is 0 Å². The lowest BCUT2D eigenvalue weighted by Crippen LogP contribution is -2.38. The highest BCUT2D eigenvalue weighted by Crippen LogP contribution is 2.47. The highest BCUT2D eigenvalue weighted by molar-refractivity contribution is 6.31. The van der Waals surface area contributed by atoms with Gasteiger partial charge in [-0.2, -0.15) is 0 Å². The molecule has 0 aromatic heterocycles. The highest BCUT2D eigenvalue weighted by atomic mass is 35.5. The molecule has 2 rings (SSSR count). The maximum Gasteiger partial charge on any atom is 0.319 e. The zero-order valence-electron chi connectivity index (χ0n) is 10.3. The molecule has 0 spiro atoms. The Bertz CT molecular complexity index is 522. The normalized spacial score (nSPS) is 15.9. The van der Waals surface area contributed by atoms with E-state index in [2.05, 4.69) is 0 Å². The number of benzene rings is 1. The number of halogens is 2. The molecule has 1 aliphatic carbocycles. The van der Waals surface area contributed by atoms with Gasteiger partial charge in [-0.05, 0) is 25.0 Å². The van der Waals surface area contributed by atoms with E-state index in [1.807, 2.05) is 0 Å². The Morgan fingerprint density at radius 2 is 2.11 bits per heavy atom. The van der Waals surface area contributed by atoms with Crippen molar-refractivity contribution < 1.29 is 19.1 Å². The molecular formula is C13H13ClFNO3. The van der Waals surface area contributed by atoms with E-state index < -0.39 is 23.1 Å². The lowest BCUT2D eigenvalue weighted by Gasteiger charge is -2.21. The van der Waals surface area contributed by atoms with Crippen molar-refractivity contribution in [1.82, 2.24) is 4.90 Å². The second-order valence-electron chi connectivity index (χ2n) is 4.75. The Labute approximate surface area is 114 Å². The Morgan fingerprint density at radius 3 is 2.58 bits per heavy atom. The third-order valence-corrected chi connectivity index (χ3v) is 3.73. The monoisotopic (exact) mass is 285 g/mol. The fourth-order valence-corrected chi connectivity index (χ4v) is 2.22. The van der Waals surface area contributed by atoms with Crippen molar-refractivity contribution in [2.75, 3.05) is 7.05 Å². The van der Waals surface area contributed by atoms with Crippen molar-refractivity contribution in [3.8, 4) is 0 Å². The summed E-state index contributed by atoms with van der Waals surface area (Å²) in [6.07, 6.45) is 0.660. The Hall–Kier alpha value is -1.62. The summed E-state index contributed by atoms with van der Waals surface area (Å²) in [6, 6.07) is 4.26. The van der Waals surface area contributed by atoms with Gasteiger partial charge in [0, 0.05) is 24.2 Å². The number of carboxylic acids is 1. The van der Waals surface area contributed by atoms with Crippen molar-refractivity contribution >= 4 is 23.5 Å². The summed E-state index contributed by atoms with van der Waals surface area (Å²) >= 11 is 5.88. The molecule has 1 saturated carbocycles. The molecule has 1 N–H and O–H groups in total. The predicted octanol–water partition coefficient (Wildman–Crippen LogP) is 2.30. The lowest BCUT2D eigenvalue weighted by molar-refractivity contribution is -0.153. The van der Waals surface area contributed by atoms with Crippen LogP contribution in [0.5, 0.6) is 0 Å². The number of nitrogens with zero attached hydrogens (tertiary/aromatic N) is 1. The van der Waals surface area contributed by atoms with Crippen molar-refractivity contribution in [3.05, 3.63) is 34.6 Å². The summed E-state index contributed by atoms with van der Waals surface area (Å²) in [5.41, 5.74) is -1.12.